The van der Waals surface area contributed by atoms with Crippen LogP contribution in [0.1, 0.15) is 18.9 Å². The summed E-state index contributed by atoms with van der Waals surface area (Å²) >= 11 is 3.36. The smallest absolute Gasteiger partial charge is 0.326 e. The third-order valence-corrected chi connectivity index (χ3v) is 4.00. The van der Waals surface area contributed by atoms with E-state index in [1.165, 1.54) is 11.0 Å². The van der Waals surface area contributed by atoms with Crippen LogP contribution in [-0.4, -0.2) is 34.5 Å². The number of nitrogens with zero attached hydrogens (tertiary/aromatic N) is 1. The molecule has 0 spiro atoms. The van der Waals surface area contributed by atoms with Crippen molar-refractivity contribution in [3.05, 3.63) is 40.4 Å². The summed E-state index contributed by atoms with van der Waals surface area (Å²) in [6.45, 7) is 2.36. The molecule has 1 aromatic carbocycles. The first-order valence-electron chi connectivity index (χ1n) is 6.46. The largest absolute Gasteiger partial charge is 0.480 e. The Kier molecular flexibility index (Phi) is 4.60. The first-order valence-corrected chi connectivity index (χ1v) is 7.25. The molecule has 4 nitrogen and oxygen atoms in total. The second kappa shape index (κ2) is 6.22. The van der Waals surface area contributed by atoms with E-state index in [9.17, 15) is 14.7 Å². The molecule has 1 amide bonds. The number of aliphatic carboxylic acids is 1. The molecule has 2 rings (SSSR count). The fourth-order valence-electron chi connectivity index (χ4n) is 2.44. The summed E-state index contributed by atoms with van der Waals surface area (Å²) in [5, 5.41) is 9.20. The minimum atomic E-state index is -0.931. The fraction of sp³-hybridized carbons (Fsp3) is 0.333. The topological polar surface area (TPSA) is 57.6 Å². The maximum Gasteiger partial charge on any atom is 0.326 e. The fourth-order valence-corrected chi connectivity index (χ4v) is 2.86. The monoisotopic (exact) mass is 337 g/mol. The number of carbonyl (C=O) groups excluding carboxylic acids is 1. The van der Waals surface area contributed by atoms with Crippen molar-refractivity contribution in [2.24, 2.45) is 5.92 Å². The van der Waals surface area contributed by atoms with Gasteiger partial charge in [0.2, 0.25) is 5.91 Å². The Bertz CT molecular complexity index is 556. The van der Waals surface area contributed by atoms with Crippen LogP contribution in [0.2, 0.25) is 0 Å². The minimum Gasteiger partial charge on any atom is -0.480 e. The van der Waals surface area contributed by atoms with Gasteiger partial charge in [-0.1, -0.05) is 35.0 Å². The maximum atomic E-state index is 12.1. The molecule has 5 heteroatoms. The average molecular weight is 338 g/mol. The van der Waals surface area contributed by atoms with Crippen molar-refractivity contribution < 1.29 is 14.7 Å². The molecule has 1 fully saturated rings. The van der Waals surface area contributed by atoms with E-state index in [1.54, 1.807) is 6.08 Å². The number of rotatable bonds is 3. The van der Waals surface area contributed by atoms with Crippen LogP contribution >= 0.6 is 15.9 Å². The minimum absolute atomic E-state index is 0.00396. The van der Waals surface area contributed by atoms with Gasteiger partial charge >= 0.3 is 5.97 Å². The quantitative estimate of drug-likeness (QED) is 0.863. The Morgan fingerprint density at radius 3 is 2.85 bits per heavy atom. The highest BCUT2D eigenvalue weighted by atomic mass is 79.9. The Labute approximate surface area is 126 Å². The van der Waals surface area contributed by atoms with Gasteiger partial charge in [0.15, 0.2) is 0 Å². The third-order valence-electron chi connectivity index (χ3n) is 3.50. The number of likely N-dealkylation sites (tertiary alicyclic amines) is 1. The molecule has 2 atom stereocenters. The normalized spacial score (nSPS) is 22.4. The number of carboxylic acid groups (broad SMARTS) is 1. The lowest BCUT2D eigenvalue weighted by Crippen LogP contribution is -2.42. The second-order valence-corrected chi connectivity index (χ2v) is 5.88. The van der Waals surface area contributed by atoms with E-state index in [4.69, 9.17) is 0 Å². The average Bonchev–Trinajstić information content (AvgIpc) is 2.78. The van der Waals surface area contributed by atoms with Crippen molar-refractivity contribution in [1.82, 2.24) is 4.90 Å². The van der Waals surface area contributed by atoms with Gasteiger partial charge in [-0.3, -0.25) is 4.79 Å². The summed E-state index contributed by atoms with van der Waals surface area (Å²) < 4.78 is 0.935. The van der Waals surface area contributed by atoms with Crippen LogP contribution in [0.25, 0.3) is 6.08 Å². The molecule has 0 radical (unpaired) electrons. The lowest BCUT2D eigenvalue weighted by atomic mass is 10.0. The summed E-state index contributed by atoms with van der Waals surface area (Å²) in [6, 6.07) is 6.85. The summed E-state index contributed by atoms with van der Waals surface area (Å²) in [5.74, 6) is -1.18. The Hall–Kier alpha value is -1.62. The molecule has 0 bridgehead atoms. The first-order chi connectivity index (χ1) is 9.49. The molecule has 0 saturated carbocycles. The molecule has 20 heavy (non-hydrogen) atoms. The molecule has 1 aliphatic heterocycles. The van der Waals surface area contributed by atoms with Crippen molar-refractivity contribution in [2.75, 3.05) is 6.54 Å². The number of hydrogen-bond acceptors (Lipinski definition) is 2. The number of halogens is 1. The molecule has 0 aromatic heterocycles. The van der Waals surface area contributed by atoms with Crippen LogP contribution in [0.3, 0.4) is 0 Å². The number of carbonyl (C=O) groups is 2. The number of amides is 1. The number of carboxylic acids is 1. The number of hydrogen-bond donors (Lipinski definition) is 1. The van der Waals surface area contributed by atoms with E-state index >= 15 is 0 Å². The van der Waals surface area contributed by atoms with E-state index in [0.717, 1.165) is 16.5 Å². The van der Waals surface area contributed by atoms with Crippen LogP contribution in [0, 0.1) is 5.92 Å². The third kappa shape index (κ3) is 3.28. The van der Waals surface area contributed by atoms with Crippen molar-refractivity contribution in [2.45, 2.75) is 19.4 Å². The van der Waals surface area contributed by atoms with Crippen molar-refractivity contribution in [3.8, 4) is 0 Å². The lowest BCUT2D eigenvalue weighted by molar-refractivity contribution is -0.147. The molecular weight excluding hydrogens is 322 g/mol. The van der Waals surface area contributed by atoms with Gasteiger partial charge < -0.3 is 10.0 Å². The van der Waals surface area contributed by atoms with Crippen LogP contribution in [0.4, 0.5) is 0 Å². The predicted molar refractivity (Wildman–Crippen MR) is 80.1 cm³/mol. The molecule has 2 unspecified atom stereocenters. The van der Waals surface area contributed by atoms with Gasteiger partial charge in [-0.05, 0) is 36.1 Å². The van der Waals surface area contributed by atoms with Gasteiger partial charge in [0, 0.05) is 17.1 Å². The lowest BCUT2D eigenvalue weighted by Gasteiger charge is -2.21. The zero-order valence-electron chi connectivity index (χ0n) is 11.1. The van der Waals surface area contributed by atoms with Crippen LogP contribution in [0.5, 0.6) is 0 Å². The van der Waals surface area contributed by atoms with E-state index in [0.29, 0.717) is 6.54 Å². The van der Waals surface area contributed by atoms with Crippen LogP contribution < -0.4 is 0 Å². The van der Waals surface area contributed by atoms with Crippen molar-refractivity contribution in [3.63, 3.8) is 0 Å². The molecule has 0 aliphatic carbocycles. The van der Waals surface area contributed by atoms with Gasteiger partial charge in [0.1, 0.15) is 6.04 Å². The molecule has 1 heterocycles. The SMILES string of the molecule is CC1CCN(C(=O)/C=C/c2cccc(Br)c2)C1C(=O)O. The Morgan fingerprint density at radius 2 is 2.20 bits per heavy atom. The Balaban J connectivity index is 2.10. The molecule has 1 aliphatic rings. The maximum absolute atomic E-state index is 12.1. The van der Waals surface area contributed by atoms with Gasteiger partial charge in [0.25, 0.3) is 0 Å². The second-order valence-electron chi connectivity index (χ2n) is 4.97. The zero-order chi connectivity index (χ0) is 14.7. The summed E-state index contributed by atoms with van der Waals surface area (Å²) in [4.78, 5) is 24.8. The van der Waals surface area contributed by atoms with Gasteiger partial charge in [-0.25, -0.2) is 4.79 Å². The number of benzene rings is 1. The highest BCUT2D eigenvalue weighted by Gasteiger charge is 2.38. The first kappa shape index (κ1) is 14.8. The van der Waals surface area contributed by atoms with E-state index in [-0.39, 0.29) is 11.8 Å². The van der Waals surface area contributed by atoms with E-state index in [1.807, 2.05) is 31.2 Å². The van der Waals surface area contributed by atoms with E-state index in [2.05, 4.69) is 15.9 Å². The molecular formula is C15H16BrNO3. The molecule has 106 valence electrons. The summed E-state index contributed by atoms with van der Waals surface area (Å²) in [6.07, 6.45) is 3.87. The summed E-state index contributed by atoms with van der Waals surface area (Å²) in [5.41, 5.74) is 0.895. The standard InChI is InChI=1S/C15H16BrNO3/c1-10-7-8-17(14(10)15(19)20)13(18)6-5-11-3-2-4-12(16)9-11/h2-6,9-10,14H,7-8H2,1H3,(H,19,20)/b6-5+. The predicted octanol–water partition coefficient (Wildman–Crippen LogP) is 2.78. The molecule has 1 aromatic rings. The zero-order valence-corrected chi connectivity index (χ0v) is 12.7. The summed E-state index contributed by atoms with van der Waals surface area (Å²) in [7, 11) is 0. The van der Waals surface area contributed by atoms with Crippen LogP contribution in [0.15, 0.2) is 34.8 Å². The highest BCUT2D eigenvalue weighted by Crippen LogP contribution is 2.24. The van der Waals surface area contributed by atoms with Crippen molar-refractivity contribution >= 4 is 33.9 Å². The van der Waals surface area contributed by atoms with Gasteiger partial charge in [-0.2, -0.15) is 0 Å². The van der Waals surface area contributed by atoms with Crippen molar-refractivity contribution in [1.29, 1.82) is 0 Å². The van der Waals surface area contributed by atoms with Crippen LogP contribution in [-0.2, 0) is 9.59 Å². The highest BCUT2D eigenvalue weighted by molar-refractivity contribution is 9.10. The van der Waals surface area contributed by atoms with Gasteiger partial charge in [0.05, 0.1) is 0 Å². The van der Waals surface area contributed by atoms with Gasteiger partial charge in [-0.15, -0.1) is 0 Å². The molecule has 1 N–H and O–H groups in total. The Morgan fingerprint density at radius 1 is 1.45 bits per heavy atom. The molecule has 1 saturated heterocycles. The van der Waals surface area contributed by atoms with E-state index < -0.39 is 12.0 Å².